The van der Waals surface area contributed by atoms with Crippen LogP contribution in [-0.2, 0) is 12.3 Å². The molecule has 0 amide bonds. The zero-order valence-corrected chi connectivity index (χ0v) is 21.1. The van der Waals surface area contributed by atoms with E-state index >= 15 is 0 Å². The Morgan fingerprint density at radius 2 is 1.00 bits per heavy atom. The van der Waals surface area contributed by atoms with Crippen LogP contribution in [0, 0.1) is 0 Å². The highest BCUT2D eigenvalue weighted by molar-refractivity contribution is 7.72. The van der Waals surface area contributed by atoms with Crippen LogP contribution in [0.5, 0.6) is 0 Å². The summed E-state index contributed by atoms with van der Waals surface area (Å²) in [4.78, 5) is 5.16. The van der Waals surface area contributed by atoms with E-state index in [1.165, 1.54) is 22.0 Å². The van der Waals surface area contributed by atoms with Crippen molar-refractivity contribution in [3.8, 4) is 0 Å². The van der Waals surface area contributed by atoms with Crippen molar-refractivity contribution in [2.75, 3.05) is 0 Å². The number of aromatic nitrogens is 1. The number of hydrogen-bond acceptors (Lipinski definition) is 1. The summed E-state index contributed by atoms with van der Waals surface area (Å²) >= 11 is 0. The molecule has 0 bridgehead atoms. The number of benzene rings is 2. The molecule has 30 heavy (non-hydrogen) atoms. The van der Waals surface area contributed by atoms with Gasteiger partial charge in [0.2, 0.25) is 0 Å². The first-order chi connectivity index (χ1) is 14.1. The Labute approximate surface area is 185 Å². The molecule has 158 valence electrons. The second-order valence-electron chi connectivity index (χ2n) is 9.81. The quantitative estimate of drug-likeness (QED) is 0.370. The molecule has 3 heteroatoms. The average Bonchev–Trinajstić information content (AvgIpc) is 2.70. The van der Waals surface area contributed by atoms with Gasteiger partial charge in [-0.3, -0.25) is 4.98 Å². The van der Waals surface area contributed by atoms with E-state index in [0.29, 0.717) is 10.3 Å². The summed E-state index contributed by atoms with van der Waals surface area (Å²) < 4.78 is 0. The molecule has 2 aromatic carbocycles. The van der Waals surface area contributed by atoms with Gasteiger partial charge in [0.25, 0.3) is 0 Å². The Bertz CT molecular complexity index is 871. The second kappa shape index (κ2) is 9.72. The van der Waals surface area contributed by atoms with Gasteiger partial charge >= 0.3 is 0 Å². The number of nitrogens with zero attached hydrogens (tertiary/aromatic N) is 1. The van der Waals surface area contributed by atoms with E-state index in [1.807, 2.05) is 0 Å². The van der Waals surface area contributed by atoms with Gasteiger partial charge in [-0.1, -0.05) is 116 Å². The highest BCUT2D eigenvalue weighted by atomic mass is 31.1. The first-order valence-corrected chi connectivity index (χ1v) is 13.8. The molecule has 0 aliphatic rings. The minimum absolute atomic E-state index is 0.197. The smallest absolute Gasteiger partial charge is 0.0456 e. The lowest BCUT2D eigenvalue weighted by Gasteiger charge is -2.41. The van der Waals surface area contributed by atoms with Gasteiger partial charge in [0, 0.05) is 23.7 Å². The van der Waals surface area contributed by atoms with Crippen molar-refractivity contribution in [2.24, 2.45) is 0 Å². The van der Waals surface area contributed by atoms with Gasteiger partial charge < -0.3 is 0 Å². The van der Waals surface area contributed by atoms with Gasteiger partial charge in [-0.05, 0) is 41.0 Å². The fourth-order valence-corrected chi connectivity index (χ4v) is 9.75. The monoisotopic (exact) mass is 435 g/mol. The van der Waals surface area contributed by atoms with Crippen LogP contribution in [0.1, 0.15) is 52.9 Å². The van der Waals surface area contributed by atoms with Crippen LogP contribution < -0.4 is 10.6 Å². The standard InChI is InChI=1S/C27H35NP2/c1-26(2,3)30(27(4,5)6)21-23-15-13-14-22(28-23)20-29(24-16-9-7-10-17-24)25-18-11-8-12-19-25/h7-19H,20-21H2,1-6H3. The lowest BCUT2D eigenvalue weighted by Crippen LogP contribution is -2.26. The van der Waals surface area contributed by atoms with Crippen LogP contribution in [0.4, 0.5) is 0 Å². The molecule has 0 atom stereocenters. The second-order valence-corrected chi connectivity index (χ2v) is 15.9. The van der Waals surface area contributed by atoms with E-state index in [2.05, 4.69) is 120 Å². The summed E-state index contributed by atoms with van der Waals surface area (Å²) in [5.41, 5.74) is 2.46. The van der Waals surface area contributed by atoms with E-state index in [-0.39, 0.29) is 7.92 Å². The topological polar surface area (TPSA) is 12.9 Å². The molecule has 0 saturated heterocycles. The average molecular weight is 436 g/mol. The Morgan fingerprint density at radius 3 is 1.43 bits per heavy atom. The highest BCUT2D eigenvalue weighted by Gasteiger charge is 2.34. The molecule has 0 N–H and O–H groups in total. The van der Waals surface area contributed by atoms with Crippen LogP contribution >= 0.6 is 15.8 Å². The van der Waals surface area contributed by atoms with Crippen LogP contribution in [-0.4, -0.2) is 15.3 Å². The molecular formula is C27H35NP2. The zero-order valence-electron chi connectivity index (χ0n) is 19.3. The molecular weight excluding hydrogens is 400 g/mol. The lowest BCUT2D eigenvalue weighted by molar-refractivity contribution is 0.701. The zero-order chi connectivity index (χ0) is 21.8. The van der Waals surface area contributed by atoms with Crippen LogP contribution in [0.25, 0.3) is 0 Å². The van der Waals surface area contributed by atoms with Gasteiger partial charge in [0.15, 0.2) is 0 Å². The summed E-state index contributed by atoms with van der Waals surface area (Å²) in [6, 6.07) is 28.5. The molecule has 0 unspecified atom stereocenters. The minimum Gasteiger partial charge on any atom is -0.257 e. The van der Waals surface area contributed by atoms with Gasteiger partial charge in [-0.25, -0.2) is 0 Å². The van der Waals surface area contributed by atoms with Gasteiger partial charge in [-0.15, -0.1) is 0 Å². The first kappa shape index (κ1) is 23.1. The molecule has 0 fully saturated rings. The van der Waals surface area contributed by atoms with Crippen LogP contribution in [0.2, 0.25) is 0 Å². The minimum atomic E-state index is -0.462. The predicted molar refractivity (Wildman–Crippen MR) is 137 cm³/mol. The maximum Gasteiger partial charge on any atom is 0.0456 e. The van der Waals surface area contributed by atoms with Crippen LogP contribution in [0.3, 0.4) is 0 Å². The van der Waals surface area contributed by atoms with E-state index in [4.69, 9.17) is 4.98 Å². The molecule has 0 saturated carbocycles. The Kier molecular flexibility index (Phi) is 7.49. The summed E-state index contributed by atoms with van der Waals surface area (Å²) in [5, 5.41) is 3.45. The number of hydrogen-bond donors (Lipinski definition) is 0. The maximum absolute atomic E-state index is 5.16. The molecule has 3 rings (SSSR count). The number of pyridine rings is 1. The van der Waals surface area contributed by atoms with E-state index < -0.39 is 7.92 Å². The third kappa shape index (κ3) is 6.23. The molecule has 1 heterocycles. The SMILES string of the molecule is CC(C)(C)P(Cc1cccc(CP(c2ccccc2)c2ccccc2)n1)C(C)(C)C. The Balaban J connectivity index is 1.89. The lowest BCUT2D eigenvalue weighted by atomic mass is 10.2. The van der Waals surface area contributed by atoms with Gasteiger partial charge in [0.1, 0.15) is 0 Å². The van der Waals surface area contributed by atoms with E-state index in [0.717, 1.165) is 12.3 Å². The molecule has 1 nitrogen and oxygen atoms in total. The van der Waals surface area contributed by atoms with Crippen molar-refractivity contribution in [1.29, 1.82) is 0 Å². The molecule has 0 spiro atoms. The van der Waals surface area contributed by atoms with Crippen molar-refractivity contribution in [2.45, 2.75) is 64.2 Å². The van der Waals surface area contributed by atoms with Crippen molar-refractivity contribution < 1.29 is 0 Å². The third-order valence-corrected chi connectivity index (χ3v) is 11.6. The fourth-order valence-electron chi connectivity index (χ4n) is 4.06. The number of rotatable bonds is 6. The fraction of sp³-hybridized carbons (Fsp3) is 0.370. The third-order valence-electron chi connectivity index (χ3n) is 5.26. The highest BCUT2D eigenvalue weighted by Crippen LogP contribution is 2.61. The molecule has 3 aromatic rings. The Hall–Kier alpha value is -1.55. The van der Waals surface area contributed by atoms with E-state index in [9.17, 15) is 0 Å². The van der Waals surface area contributed by atoms with E-state index in [1.54, 1.807) is 0 Å². The maximum atomic E-state index is 5.16. The largest absolute Gasteiger partial charge is 0.257 e. The molecule has 0 radical (unpaired) electrons. The van der Waals surface area contributed by atoms with Gasteiger partial charge in [-0.2, -0.15) is 0 Å². The van der Waals surface area contributed by atoms with Crippen molar-refractivity contribution >= 4 is 26.5 Å². The molecule has 1 aromatic heterocycles. The van der Waals surface area contributed by atoms with Crippen molar-refractivity contribution in [1.82, 2.24) is 4.98 Å². The molecule has 0 aliphatic carbocycles. The Morgan fingerprint density at radius 1 is 0.567 bits per heavy atom. The summed E-state index contributed by atoms with van der Waals surface area (Å²) in [7, 11) is -0.659. The predicted octanol–water partition coefficient (Wildman–Crippen LogP) is 7.29. The normalized spacial score (nSPS) is 12.5. The molecule has 0 aliphatic heterocycles. The summed E-state index contributed by atoms with van der Waals surface area (Å²) in [6.07, 6.45) is 2.07. The first-order valence-electron chi connectivity index (χ1n) is 10.7. The van der Waals surface area contributed by atoms with Gasteiger partial charge in [0.05, 0.1) is 0 Å². The van der Waals surface area contributed by atoms with Crippen LogP contribution in [0.15, 0.2) is 78.9 Å². The van der Waals surface area contributed by atoms with Crippen molar-refractivity contribution in [3.63, 3.8) is 0 Å². The summed E-state index contributed by atoms with van der Waals surface area (Å²) in [5.74, 6) is 0. The summed E-state index contributed by atoms with van der Waals surface area (Å²) in [6.45, 7) is 14.3. The van der Waals surface area contributed by atoms with Crippen molar-refractivity contribution in [3.05, 3.63) is 90.3 Å².